The lowest BCUT2D eigenvalue weighted by Gasteiger charge is -2.36. The lowest BCUT2D eigenvalue weighted by molar-refractivity contribution is 0.263. The molecule has 0 spiro atoms. The summed E-state index contributed by atoms with van der Waals surface area (Å²) in [6, 6.07) is 12.1. The summed E-state index contributed by atoms with van der Waals surface area (Å²) in [5.74, 6) is 0. The van der Waals surface area contributed by atoms with Crippen LogP contribution in [0.25, 0.3) is 0 Å². The molecule has 1 aromatic rings. The Labute approximate surface area is 108 Å². The number of anilines is 1. The van der Waals surface area contributed by atoms with Crippen molar-refractivity contribution in [3.05, 3.63) is 29.8 Å². The molecule has 4 nitrogen and oxygen atoms in total. The Hall–Kier alpha value is -2.04. The Morgan fingerprint density at radius 1 is 1.06 bits per heavy atom. The molecule has 4 heteroatoms. The molecule has 0 unspecified atom stereocenters. The van der Waals surface area contributed by atoms with Gasteiger partial charge in [0.05, 0.1) is 17.3 Å². The first-order valence-corrected chi connectivity index (χ1v) is 6.18. The fourth-order valence-electron chi connectivity index (χ4n) is 2.26. The van der Waals surface area contributed by atoms with E-state index < -0.39 is 0 Å². The minimum atomic E-state index is 0.592. The number of nitriles is 2. The number of nitrogens with zero attached hydrogens (tertiary/aromatic N) is 4. The number of piperazine rings is 1. The summed E-state index contributed by atoms with van der Waals surface area (Å²) in [5.41, 5.74) is 1.77. The summed E-state index contributed by atoms with van der Waals surface area (Å²) >= 11 is 0. The Morgan fingerprint density at radius 2 is 1.78 bits per heavy atom. The Balaban J connectivity index is 1.98. The van der Waals surface area contributed by atoms with E-state index in [0.717, 1.165) is 44.0 Å². The highest BCUT2D eigenvalue weighted by atomic mass is 15.3. The van der Waals surface area contributed by atoms with E-state index in [2.05, 4.69) is 21.9 Å². The van der Waals surface area contributed by atoms with Crippen LogP contribution >= 0.6 is 0 Å². The van der Waals surface area contributed by atoms with E-state index in [1.165, 1.54) is 0 Å². The van der Waals surface area contributed by atoms with Gasteiger partial charge in [0.2, 0.25) is 0 Å². The van der Waals surface area contributed by atoms with E-state index in [-0.39, 0.29) is 0 Å². The molecule has 0 saturated carbocycles. The first kappa shape index (κ1) is 12.4. The second-order valence-electron chi connectivity index (χ2n) is 4.37. The van der Waals surface area contributed by atoms with Gasteiger partial charge in [0.25, 0.3) is 0 Å². The van der Waals surface area contributed by atoms with Gasteiger partial charge in [-0.25, -0.2) is 0 Å². The van der Waals surface area contributed by atoms with Crippen molar-refractivity contribution in [2.24, 2.45) is 0 Å². The first-order chi connectivity index (χ1) is 8.85. The molecule has 18 heavy (non-hydrogen) atoms. The van der Waals surface area contributed by atoms with Crippen LogP contribution in [0.1, 0.15) is 12.0 Å². The third-order valence-electron chi connectivity index (χ3n) is 3.28. The third kappa shape index (κ3) is 2.80. The van der Waals surface area contributed by atoms with Gasteiger partial charge < -0.3 is 4.90 Å². The van der Waals surface area contributed by atoms with Gasteiger partial charge in [-0.2, -0.15) is 10.5 Å². The van der Waals surface area contributed by atoms with Gasteiger partial charge in [0.1, 0.15) is 6.07 Å². The van der Waals surface area contributed by atoms with Crippen LogP contribution in [0.4, 0.5) is 5.69 Å². The molecule has 0 aliphatic carbocycles. The maximum atomic E-state index is 9.09. The average Bonchev–Trinajstić information content (AvgIpc) is 2.45. The van der Waals surface area contributed by atoms with Crippen LogP contribution in [0.15, 0.2) is 24.3 Å². The van der Waals surface area contributed by atoms with E-state index in [1.807, 2.05) is 24.3 Å². The second-order valence-corrected chi connectivity index (χ2v) is 4.37. The minimum Gasteiger partial charge on any atom is -0.368 e. The van der Waals surface area contributed by atoms with Gasteiger partial charge in [-0.15, -0.1) is 0 Å². The lowest BCUT2D eigenvalue weighted by Crippen LogP contribution is -2.46. The van der Waals surface area contributed by atoms with Gasteiger partial charge in [-0.3, -0.25) is 4.90 Å². The molecule has 1 fully saturated rings. The molecule has 0 atom stereocenters. The lowest BCUT2D eigenvalue weighted by atomic mass is 10.1. The fourth-order valence-corrected chi connectivity index (χ4v) is 2.26. The zero-order valence-corrected chi connectivity index (χ0v) is 10.3. The fraction of sp³-hybridized carbons (Fsp3) is 0.429. The van der Waals surface area contributed by atoms with Crippen LogP contribution in [-0.4, -0.2) is 37.6 Å². The Bertz CT molecular complexity index is 475. The predicted octanol–water partition coefficient (Wildman–Crippen LogP) is 1.59. The Kier molecular flexibility index (Phi) is 4.17. The molecule has 92 valence electrons. The third-order valence-corrected chi connectivity index (χ3v) is 3.28. The largest absolute Gasteiger partial charge is 0.368 e. The number of para-hydroxylation sites is 1. The highest BCUT2D eigenvalue weighted by Gasteiger charge is 2.18. The highest BCUT2D eigenvalue weighted by Crippen LogP contribution is 2.20. The average molecular weight is 240 g/mol. The molecule has 1 aliphatic heterocycles. The zero-order valence-electron chi connectivity index (χ0n) is 10.3. The molecule has 0 N–H and O–H groups in total. The van der Waals surface area contributed by atoms with Crippen LogP contribution in [0.5, 0.6) is 0 Å². The summed E-state index contributed by atoms with van der Waals surface area (Å²) in [7, 11) is 0. The van der Waals surface area contributed by atoms with E-state index in [9.17, 15) is 0 Å². The molecule has 0 amide bonds. The summed E-state index contributed by atoms with van der Waals surface area (Å²) in [6.45, 7) is 4.61. The SMILES string of the molecule is N#CCCN1CCN(c2ccccc2C#N)CC1. The number of benzene rings is 1. The van der Waals surface area contributed by atoms with E-state index in [4.69, 9.17) is 10.5 Å². The van der Waals surface area contributed by atoms with Gasteiger partial charge >= 0.3 is 0 Å². The molecule has 0 aromatic heterocycles. The van der Waals surface area contributed by atoms with Crippen molar-refractivity contribution in [2.45, 2.75) is 6.42 Å². The molecule has 1 heterocycles. The summed E-state index contributed by atoms with van der Waals surface area (Å²) in [6.07, 6.45) is 0.592. The molecular weight excluding hydrogens is 224 g/mol. The molecule has 1 aliphatic rings. The van der Waals surface area contributed by atoms with Gasteiger partial charge in [-0.1, -0.05) is 12.1 Å². The van der Waals surface area contributed by atoms with Crippen LogP contribution in [-0.2, 0) is 0 Å². The molecule has 1 aromatic carbocycles. The quantitative estimate of drug-likeness (QED) is 0.805. The van der Waals surface area contributed by atoms with Gasteiger partial charge in [0, 0.05) is 39.1 Å². The standard InChI is InChI=1S/C14H16N4/c15-6-3-7-17-8-10-18(11-9-17)14-5-2-1-4-13(14)12-16/h1-2,4-5H,3,7-11H2. The van der Waals surface area contributed by atoms with Crippen molar-refractivity contribution in [1.29, 1.82) is 10.5 Å². The van der Waals surface area contributed by atoms with Crippen LogP contribution < -0.4 is 4.90 Å². The maximum absolute atomic E-state index is 9.09. The Morgan fingerprint density at radius 3 is 2.44 bits per heavy atom. The number of rotatable bonds is 3. The van der Waals surface area contributed by atoms with Crippen LogP contribution in [0.2, 0.25) is 0 Å². The van der Waals surface area contributed by atoms with E-state index >= 15 is 0 Å². The van der Waals surface area contributed by atoms with Crippen LogP contribution in [0, 0.1) is 22.7 Å². The molecule has 2 rings (SSSR count). The first-order valence-electron chi connectivity index (χ1n) is 6.18. The van der Waals surface area contributed by atoms with Crippen molar-refractivity contribution in [3.63, 3.8) is 0 Å². The number of hydrogen-bond donors (Lipinski definition) is 0. The van der Waals surface area contributed by atoms with Crippen LogP contribution in [0.3, 0.4) is 0 Å². The highest BCUT2D eigenvalue weighted by molar-refractivity contribution is 5.59. The number of hydrogen-bond acceptors (Lipinski definition) is 4. The zero-order chi connectivity index (χ0) is 12.8. The van der Waals surface area contributed by atoms with Gasteiger partial charge in [-0.05, 0) is 12.1 Å². The van der Waals surface area contributed by atoms with Crippen molar-refractivity contribution >= 4 is 5.69 Å². The summed E-state index contributed by atoms with van der Waals surface area (Å²) in [5, 5.41) is 17.7. The molecule has 0 radical (unpaired) electrons. The van der Waals surface area contributed by atoms with Crippen molar-refractivity contribution in [1.82, 2.24) is 4.90 Å². The maximum Gasteiger partial charge on any atom is 0.101 e. The minimum absolute atomic E-state index is 0.592. The van der Waals surface area contributed by atoms with Crippen molar-refractivity contribution < 1.29 is 0 Å². The predicted molar refractivity (Wildman–Crippen MR) is 70.0 cm³/mol. The topological polar surface area (TPSA) is 54.1 Å². The molecular formula is C14H16N4. The summed E-state index contributed by atoms with van der Waals surface area (Å²) < 4.78 is 0. The smallest absolute Gasteiger partial charge is 0.101 e. The molecule has 1 saturated heterocycles. The normalized spacial score (nSPS) is 16.0. The molecule has 0 bridgehead atoms. The van der Waals surface area contributed by atoms with E-state index in [1.54, 1.807) is 0 Å². The second kappa shape index (κ2) is 6.05. The summed E-state index contributed by atoms with van der Waals surface area (Å²) in [4.78, 5) is 4.55. The van der Waals surface area contributed by atoms with Gasteiger partial charge in [0.15, 0.2) is 0 Å². The van der Waals surface area contributed by atoms with E-state index in [0.29, 0.717) is 6.42 Å². The monoisotopic (exact) mass is 240 g/mol. The van der Waals surface area contributed by atoms with Crippen molar-refractivity contribution in [2.75, 3.05) is 37.6 Å². The van der Waals surface area contributed by atoms with Crippen molar-refractivity contribution in [3.8, 4) is 12.1 Å².